The first-order valence-electron chi connectivity index (χ1n) is 7.78. The van der Waals surface area contributed by atoms with Gasteiger partial charge in [0, 0.05) is 6.92 Å². The molecule has 2 heterocycles. The molecule has 0 spiro atoms. The van der Waals surface area contributed by atoms with Gasteiger partial charge in [-0.3, -0.25) is 39.7 Å². The van der Waals surface area contributed by atoms with Crippen molar-refractivity contribution in [1.82, 2.24) is 15.8 Å². The van der Waals surface area contributed by atoms with E-state index < -0.39 is 36.1 Å². The molecule has 1 aliphatic heterocycles. The number of fused-ring (bicyclic) bond motifs is 1. The summed E-state index contributed by atoms with van der Waals surface area (Å²) >= 11 is 1.09. The van der Waals surface area contributed by atoms with Crippen molar-refractivity contribution in [2.45, 2.75) is 6.92 Å². The first-order chi connectivity index (χ1) is 12.9. The van der Waals surface area contributed by atoms with Crippen LogP contribution in [0.3, 0.4) is 0 Å². The summed E-state index contributed by atoms with van der Waals surface area (Å²) in [5.41, 5.74) is 4.99. The highest BCUT2D eigenvalue weighted by Gasteiger charge is 2.36. The van der Waals surface area contributed by atoms with Crippen molar-refractivity contribution in [2.75, 3.05) is 11.9 Å². The summed E-state index contributed by atoms with van der Waals surface area (Å²) in [6.07, 6.45) is 0. The maximum atomic E-state index is 12.3. The lowest BCUT2D eigenvalue weighted by Crippen LogP contribution is -2.40. The summed E-state index contributed by atoms with van der Waals surface area (Å²) in [5, 5.41) is 4.33. The lowest BCUT2D eigenvalue weighted by atomic mass is 10.1. The number of nitrogens with zero attached hydrogens (tertiary/aromatic N) is 1. The van der Waals surface area contributed by atoms with E-state index in [1.54, 1.807) is 17.5 Å². The van der Waals surface area contributed by atoms with E-state index in [2.05, 4.69) is 16.2 Å². The first kappa shape index (κ1) is 18.3. The Kier molecular flexibility index (Phi) is 4.99. The van der Waals surface area contributed by atoms with Crippen LogP contribution in [0.4, 0.5) is 5.00 Å². The molecule has 0 fully saturated rings. The van der Waals surface area contributed by atoms with Gasteiger partial charge in [-0.15, -0.1) is 11.3 Å². The Bertz CT molecular complexity index is 933. The SMILES string of the molecule is CC(=O)NNC(=O)c1ccsc1NC(=O)CN1C(=O)c2ccccc2C1=O. The summed E-state index contributed by atoms with van der Waals surface area (Å²) in [6, 6.07) is 7.80. The maximum Gasteiger partial charge on any atom is 0.272 e. The van der Waals surface area contributed by atoms with Crippen molar-refractivity contribution in [2.24, 2.45) is 0 Å². The molecule has 1 aromatic carbocycles. The summed E-state index contributed by atoms with van der Waals surface area (Å²) < 4.78 is 0. The molecule has 2 aromatic rings. The minimum Gasteiger partial charge on any atom is -0.315 e. The molecule has 0 aliphatic carbocycles. The summed E-state index contributed by atoms with van der Waals surface area (Å²) in [4.78, 5) is 60.6. The van der Waals surface area contributed by atoms with Gasteiger partial charge in [0.1, 0.15) is 11.5 Å². The fourth-order valence-corrected chi connectivity index (χ4v) is 3.29. The molecule has 1 aromatic heterocycles. The zero-order chi connectivity index (χ0) is 19.6. The van der Waals surface area contributed by atoms with Gasteiger partial charge in [-0.25, -0.2) is 0 Å². The molecule has 0 radical (unpaired) electrons. The second kappa shape index (κ2) is 7.38. The first-order valence-corrected chi connectivity index (χ1v) is 8.66. The highest BCUT2D eigenvalue weighted by atomic mass is 32.1. The van der Waals surface area contributed by atoms with E-state index in [0.717, 1.165) is 16.2 Å². The fourth-order valence-electron chi connectivity index (χ4n) is 2.49. The minimum absolute atomic E-state index is 0.143. The van der Waals surface area contributed by atoms with Crippen LogP contribution < -0.4 is 16.2 Å². The van der Waals surface area contributed by atoms with Crippen LogP contribution in [-0.4, -0.2) is 41.0 Å². The van der Waals surface area contributed by atoms with Gasteiger partial charge in [0.05, 0.1) is 16.7 Å². The van der Waals surface area contributed by atoms with E-state index in [4.69, 9.17) is 0 Å². The number of hydrogen-bond donors (Lipinski definition) is 3. The van der Waals surface area contributed by atoms with Gasteiger partial charge < -0.3 is 5.32 Å². The van der Waals surface area contributed by atoms with E-state index in [0.29, 0.717) is 0 Å². The summed E-state index contributed by atoms with van der Waals surface area (Å²) in [5.74, 6) is -2.76. The van der Waals surface area contributed by atoms with E-state index in [9.17, 15) is 24.0 Å². The number of hydrazine groups is 1. The molecule has 3 rings (SSSR count). The molecule has 1 aliphatic rings. The van der Waals surface area contributed by atoms with E-state index >= 15 is 0 Å². The predicted octanol–water partition coefficient (Wildman–Crippen LogP) is 0.764. The zero-order valence-electron chi connectivity index (χ0n) is 14.1. The zero-order valence-corrected chi connectivity index (χ0v) is 14.9. The number of thiophene rings is 1. The molecular weight excluding hydrogens is 372 g/mol. The summed E-state index contributed by atoms with van der Waals surface area (Å²) in [7, 11) is 0. The van der Waals surface area contributed by atoms with Crippen LogP contribution in [0.2, 0.25) is 0 Å². The topological polar surface area (TPSA) is 125 Å². The number of anilines is 1. The van der Waals surface area contributed by atoms with Crippen molar-refractivity contribution in [3.05, 3.63) is 52.4 Å². The summed E-state index contributed by atoms with van der Waals surface area (Å²) in [6.45, 7) is 0.760. The van der Waals surface area contributed by atoms with Crippen LogP contribution in [-0.2, 0) is 9.59 Å². The van der Waals surface area contributed by atoms with Gasteiger partial charge in [0.25, 0.3) is 17.7 Å². The molecule has 0 saturated heterocycles. The molecular formula is C17H14N4O5S. The molecule has 0 bridgehead atoms. The van der Waals surface area contributed by atoms with Gasteiger partial charge in [0.15, 0.2) is 0 Å². The average Bonchev–Trinajstić information content (AvgIpc) is 3.19. The third kappa shape index (κ3) is 3.70. The Morgan fingerprint density at radius 2 is 1.63 bits per heavy atom. The molecule has 138 valence electrons. The van der Waals surface area contributed by atoms with Crippen LogP contribution >= 0.6 is 11.3 Å². The highest BCUT2D eigenvalue weighted by Crippen LogP contribution is 2.25. The third-order valence-corrected chi connectivity index (χ3v) is 4.52. The molecule has 5 amide bonds. The quantitative estimate of drug-likeness (QED) is 0.529. The average molecular weight is 386 g/mol. The second-order valence-electron chi connectivity index (χ2n) is 5.59. The van der Waals surface area contributed by atoms with Gasteiger partial charge in [-0.1, -0.05) is 12.1 Å². The Hall–Kier alpha value is -3.53. The van der Waals surface area contributed by atoms with Crippen LogP contribution in [0, 0.1) is 0 Å². The normalized spacial score (nSPS) is 12.6. The van der Waals surface area contributed by atoms with Gasteiger partial charge in [0.2, 0.25) is 11.8 Å². The minimum atomic E-state index is -0.625. The molecule has 3 N–H and O–H groups in total. The number of benzene rings is 1. The number of rotatable bonds is 4. The molecule has 10 heteroatoms. The third-order valence-electron chi connectivity index (χ3n) is 3.69. The Labute approximate surface area is 157 Å². The van der Waals surface area contributed by atoms with E-state index in [1.165, 1.54) is 25.1 Å². The van der Waals surface area contributed by atoms with Crippen LogP contribution in [0.5, 0.6) is 0 Å². The van der Waals surface area contributed by atoms with Crippen LogP contribution in [0.1, 0.15) is 38.0 Å². The molecule has 0 atom stereocenters. The van der Waals surface area contributed by atoms with Crippen LogP contribution in [0.25, 0.3) is 0 Å². The number of carbonyl (C=O) groups excluding carboxylic acids is 5. The lowest BCUT2D eigenvalue weighted by molar-refractivity contribution is -0.119. The molecule has 0 unspecified atom stereocenters. The number of nitrogens with one attached hydrogen (secondary N) is 3. The van der Waals surface area contributed by atoms with Crippen molar-refractivity contribution in [1.29, 1.82) is 0 Å². The van der Waals surface area contributed by atoms with Crippen molar-refractivity contribution < 1.29 is 24.0 Å². The maximum absolute atomic E-state index is 12.3. The number of imide groups is 1. The molecule has 27 heavy (non-hydrogen) atoms. The Balaban J connectivity index is 1.67. The number of amides is 5. The molecule has 0 saturated carbocycles. The van der Waals surface area contributed by atoms with Gasteiger partial charge in [-0.2, -0.15) is 0 Å². The Morgan fingerprint density at radius 1 is 1.00 bits per heavy atom. The fraction of sp³-hybridized carbons (Fsp3) is 0.118. The van der Waals surface area contributed by atoms with E-state index in [-0.39, 0.29) is 21.7 Å². The monoisotopic (exact) mass is 386 g/mol. The van der Waals surface area contributed by atoms with Gasteiger partial charge >= 0.3 is 0 Å². The van der Waals surface area contributed by atoms with Gasteiger partial charge in [-0.05, 0) is 23.6 Å². The number of carbonyl (C=O) groups is 5. The highest BCUT2D eigenvalue weighted by molar-refractivity contribution is 7.14. The Morgan fingerprint density at radius 3 is 2.22 bits per heavy atom. The number of hydrogen-bond acceptors (Lipinski definition) is 6. The molecule has 9 nitrogen and oxygen atoms in total. The predicted molar refractivity (Wildman–Crippen MR) is 96.0 cm³/mol. The van der Waals surface area contributed by atoms with Crippen molar-refractivity contribution in [3.8, 4) is 0 Å². The van der Waals surface area contributed by atoms with Crippen molar-refractivity contribution >= 4 is 45.9 Å². The smallest absolute Gasteiger partial charge is 0.272 e. The largest absolute Gasteiger partial charge is 0.315 e. The second-order valence-corrected chi connectivity index (χ2v) is 6.51. The lowest BCUT2D eigenvalue weighted by Gasteiger charge is -2.13. The van der Waals surface area contributed by atoms with Crippen LogP contribution in [0.15, 0.2) is 35.7 Å². The standard InChI is InChI=1S/C17H14N4O5S/c1-9(22)19-20-14(24)12-6-7-27-15(12)18-13(23)8-21-16(25)10-4-2-3-5-11(10)17(21)26/h2-7H,8H2,1H3,(H,18,23)(H,19,22)(H,20,24). The van der Waals surface area contributed by atoms with Crippen molar-refractivity contribution in [3.63, 3.8) is 0 Å². The van der Waals surface area contributed by atoms with E-state index in [1.807, 2.05) is 0 Å².